The van der Waals surface area contributed by atoms with Crippen molar-refractivity contribution in [2.75, 3.05) is 0 Å². The number of nitrogens with one attached hydrogen (secondary N) is 2. The molecule has 0 radical (unpaired) electrons. The number of rotatable bonds is 10. The van der Waals surface area contributed by atoms with Gasteiger partial charge in [0.2, 0.25) is 17.6 Å². The van der Waals surface area contributed by atoms with E-state index in [9.17, 15) is 24.0 Å². The van der Waals surface area contributed by atoms with Crippen LogP contribution in [0.1, 0.15) is 50.3 Å². The molecule has 230 valence electrons. The van der Waals surface area contributed by atoms with E-state index in [-0.39, 0.29) is 31.8 Å². The summed E-state index contributed by atoms with van der Waals surface area (Å²) in [6.45, 7) is 5.28. The largest absolute Gasteiger partial charge is 0.442 e. The first kappa shape index (κ1) is 31.9. The predicted molar refractivity (Wildman–Crippen MR) is 163 cm³/mol. The number of nitrogens with zero attached hydrogens (tertiary/aromatic N) is 2. The van der Waals surface area contributed by atoms with Crippen LogP contribution in [0, 0.1) is 0 Å². The Morgan fingerprint density at radius 3 is 1.98 bits per heavy atom. The van der Waals surface area contributed by atoms with Gasteiger partial charge in [-0.1, -0.05) is 91.0 Å². The Kier molecular flexibility index (Phi) is 10.5. The van der Waals surface area contributed by atoms with Gasteiger partial charge in [-0.15, -0.1) is 0 Å². The highest BCUT2D eigenvalue weighted by atomic mass is 16.6. The summed E-state index contributed by atoms with van der Waals surface area (Å²) in [6, 6.07) is 25.2. The third-order valence-electron chi connectivity index (χ3n) is 7.00. The number of Topliss-reactive ketones (excluding diaryl/α,β-unsaturated/α-hetero) is 1. The first-order valence-corrected chi connectivity index (χ1v) is 14.6. The minimum Gasteiger partial charge on any atom is -0.442 e. The van der Waals surface area contributed by atoms with Crippen molar-refractivity contribution < 1.29 is 28.7 Å². The van der Waals surface area contributed by atoms with Crippen molar-refractivity contribution in [1.82, 2.24) is 20.7 Å². The van der Waals surface area contributed by atoms with Crippen molar-refractivity contribution in [3.8, 4) is 0 Å². The zero-order valence-electron chi connectivity index (χ0n) is 25.2. The molecular weight excluding hydrogens is 560 g/mol. The van der Waals surface area contributed by atoms with E-state index in [1.807, 2.05) is 42.5 Å². The van der Waals surface area contributed by atoms with Gasteiger partial charge >= 0.3 is 12.0 Å². The summed E-state index contributed by atoms with van der Waals surface area (Å²) in [5.74, 6) is -2.71. The van der Waals surface area contributed by atoms with Gasteiger partial charge in [0.25, 0.3) is 0 Å². The number of carbonyl (C=O) groups is 5. The Bertz CT molecular complexity index is 1460. The molecule has 1 aliphatic rings. The SMILES string of the molecule is CC(C)(C)OC(=O)N(Cc1ccccc1)NC(=O)C(=O)C(Cc1ccccc1)NC(=O)[C@H]1CCC(=O)N1Cc1ccccc1. The van der Waals surface area contributed by atoms with Crippen LogP contribution in [0.3, 0.4) is 0 Å². The Morgan fingerprint density at radius 1 is 0.864 bits per heavy atom. The van der Waals surface area contributed by atoms with Crippen LogP contribution in [0.15, 0.2) is 91.0 Å². The average molecular weight is 599 g/mol. The lowest BCUT2D eigenvalue weighted by Gasteiger charge is -2.29. The van der Waals surface area contributed by atoms with Gasteiger partial charge in [-0.25, -0.2) is 9.80 Å². The Balaban J connectivity index is 1.53. The molecule has 0 spiro atoms. The van der Waals surface area contributed by atoms with Gasteiger partial charge in [-0.2, -0.15) is 0 Å². The second kappa shape index (κ2) is 14.5. The van der Waals surface area contributed by atoms with Crippen molar-refractivity contribution in [3.63, 3.8) is 0 Å². The van der Waals surface area contributed by atoms with E-state index in [0.717, 1.165) is 16.1 Å². The maximum atomic E-state index is 13.6. The molecule has 44 heavy (non-hydrogen) atoms. The normalized spacial score (nSPS) is 15.3. The van der Waals surface area contributed by atoms with Crippen molar-refractivity contribution >= 4 is 29.6 Å². The zero-order chi connectivity index (χ0) is 31.7. The molecule has 1 heterocycles. The summed E-state index contributed by atoms with van der Waals surface area (Å²) >= 11 is 0. The fraction of sp³-hybridized carbons (Fsp3) is 0.324. The second-order valence-corrected chi connectivity index (χ2v) is 11.7. The monoisotopic (exact) mass is 598 g/mol. The van der Waals surface area contributed by atoms with Crippen molar-refractivity contribution in [2.24, 2.45) is 0 Å². The standard InChI is InChI=1S/C34H38N4O6/c1-34(2,3)44-33(43)38(23-26-17-11-6-12-18-26)36-32(42)30(40)27(21-24-13-7-4-8-14-24)35-31(41)28-19-20-29(39)37(28)22-25-15-9-5-10-16-25/h4-18,27-28H,19-23H2,1-3H3,(H,35,41)(H,36,42)/t27?,28-/m1/s1. The van der Waals surface area contributed by atoms with Gasteiger partial charge in [0.05, 0.1) is 6.54 Å². The van der Waals surface area contributed by atoms with Crippen LogP contribution in [0.4, 0.5) is 4.79 Å². The number of hydrogen-bond acceptors (Lipinski definition) is 6. The molecule has 3 aromatic rings. The molecule has 1 aliphatic heterocycles. The summed E-state index contributed by atoms with van der Waals surface area (Å²) in [5, 5.41) is 3.68. The number of ether oxygens (including phenoxy) is 1. The number of ketones is 1. The maximum Gasteiger partial charge on any atom is 0.429 e. The third kappa shape index (κ3) is 9.00. The molecule has 0 aromatic heterocycles. The lowest BCUT2D eigenvalue weighted by Crippen LogP contribution is -2.56. The molecular formula is C34H38N4O6. The highest BCUT2D eigenvalue weighted by Gasteiger charge is 2.38. The number of benzene rings is 3. The highest BCUT2D eigenvalue weighted by molar-refractivity contribution is 6.38. The van der Waals surface area contributed by atoms with Crippen LogP contribution in [0.5, 0.6) is 0 Å². The van der Waals surface area contributed by atoms with E-state index < -0.39 is 41.4 Å². The van der Waals surface area contributed by atoms with Crippen LogP contribution in [0.25, 0.3) is 0 Å². The van der Waals surface area contributed by atoms with Crippen LogP contribution < -0.4 is 10.7 Å². The smallest absolute Gasteiger partial charge is 0.429 e. The third-order valence-corrected chi connectivity index (χ3v) is 7.00. The van der Waals surface area contributed by atoms with Crippen molar-refractivity contribution in [2.45, 2.75) is 70.8 Å². The summed E-state index contributed by atoms with van der Waals surface area (Å²) < 4.78 is 5.47. The lowest BCUT2D eigenvalue weighted by molar-refractivity contribution is -0.143. The highest BCUT2D eigenvalue weighted by Crippen LogP contribution is 2.22. The van der Waals surface area contributed by atoms with E-state index in [1.165, 1.54) is 4.90 Å². The predicted octanol–water partition coefficient (Wildman–Crippen LogP) is 3.94. The van der Waals surface area contributed by atoms with Crippen molar-refractivity contribution in [3.05, 3.63) is 108 Å². The number of hydrogen-bond donors (Lipinski definition) is 2. The minimum absolute atomic E-state index is 0.0311. The van der Waals surface area contributed by atoms with Crippen LogP contribution in [-0.2, 0) is 43.4 Å². The van der Waals surface area contributed by atoms with Crippen LogP contribution >= 0.6 is 0 Å². The van der Waals surface area contributed by atoms with Gasteiger partial charge in [-0.05, 0) is 43.9 Å². The molecule has 0 saturated carbocycles. The molecule has 0 bridgehead atoms. The summed E-state index contributed by atoms with van der Waals surface area (Å²) in [6.07, 6.45) is -0.317. The molecule has 3 aromatic carbocycles. The van der Waals surface area contributed by atoms with E-state index in [2.05, 4.69) is 10.7 Å². The van der Waals surface area contributed by atoms with E-state index >= 15 is 0 Å². The number of likely N-dealkylation sites (tertiary alicyclic amines) is 1. The van der Waals surface area contributed by atoms with Crippen LogP contribution in [-0.4, -0.2) is 57.2 Å². The minimum atomic E-state index is -1.25. The maximum absolute atomic E-state index is 13.6. The lowest BCUT2D eigenvalue weighted by atomic mass is 10.0. The molecule has 1 fully saturated rings. The molecule has 2 atom stereocenters. The summed E-state index contributed by atoms with van der Waals surface area (Å²) in [4.78, 5) is 67.8. The van der Waals surface area contributed by atoms with Gasteiger partial charge in [0, 0.05) is 19.4 Å². The molecule has 4 amide bonds. The van der Waals surface area contributed by atoms with E-state index in [4.69, 9.17) is 4.74 Å². The summed E-state index contributed by atoms with van der Waals surface area (Å²) in [7, 11) is 0. The fourth-order valence-electron chi connectivity index (χ4n) is 4.88. The molecule has 10 heteroatoms. The second-order valence-electron chi connectivity index (χ2n) is 11.7. The molecule has 2 N–H and O–H groups in total. The Labute approximate surface area is 257 Å². The van der Waals surface area contributed by atoms with Gasteiger partial charge in [0.15, 0.2) is 0 Å². The van der Waals surface area contributed by atoms with Gasteiger partial charge in [-0.3, -0.25) is 24.6 Å². The first-order valence-electron chi connectivity index (χ1n) is 14.6. The zero-order valence-corrected chi connectivity index (χ0v) is 25.2. The average Bonchev–Trinajstić information content (AvgIpc) is 3.36. The summed E-state index contributed by atoms with van der Waals surface area (Å²) in [5.41, 5.74) is 3.84. The molecule has 1 saturated heterocycles. The molecule has 4 rings (SSSR count). The molecule has 10 nitrogen and oxygen atoms in total. The van der Waals surface area contributed by atoms with Crippen molar-refractivity contribution in [1.29, 1.82) is 0 Å². The van der Waals surface area contributed by atoms with E-state index in [1.54, 1.807) is 69.3 Å². The Hall–Kier alpha value is -4.99. The Morgan fingerprint density at radius 2 is 1.41 bits per heavy atom. The van der Waals surface area contributed by atoms with Gasteiger partial charge in [0.1, 0.15) is 17.7 Å². The fourth-order valence-corrected chi connectivity index (χ4v) is 4.88. The quantitative estimate of drug-likeness (QED) is 0.269. The van der Waals surface area contributed by atoms with Gasteiger partial charge < -0.3 is 15.0 Å². The number of amides is 4. The van der Waals surface area contributed by atoms with Crippen LogP contribution in [0.2, 0.25) is 0 Å². The topological polar surface area (TPSA) is 125 Å². The molecule has 0 aliphatic carbocycles. The number of hydrazine groups is 1. The number of carbonyl (C=O) groups excluding carboxylic acids is 5. The first-order chi connectivity index (χ1) is 21.0. The van der Waals surface area contributed by atoms with E-state index in [0.29, 0.717) is 12.0 Å². The molecule has 1 unspecified atom stereocenters.